The molecule has 0 radical (unpaired) electrons. The van der Waals surface area contributed by atoms with Crippen molar-refractivity contribution in [3.05, 3.63) is 43.8 Å². The summed E-state index contributed by atoms with van der Waals surface area (Å²) in [6.07, 6.45) is 1.90. The van der Waals surface area contributed by atoms with Gasteiger partial charge in [-0.25, -0.2) is 0 Å². The van der Waals surface area contributed by atoms with E-state index in [2.05, 4.69) is 21.2 Å². The Bertz CT molecular complexity index is 564. The molecule has 2 heterocycles. The predicted octanol–water partition coefficient (Wildman–Crippen LogP) is 3.92. The fourth-order valence-corrected chi connectivity index (χ4v) is 3.12. The summed E-state index contributed by atoms with van der Waals surface area (Å²) in [7, 11) is 0. The van der Waals surface area contributed by atoms with Crippen LogP contribution in [0.1, 0.15) is 22.3 Å². The molecule has 0 saturated heterocycles. The fourth-order valence-electron chi connectivity index (χ4n) is 1.63. The van der Waals surface area contributed by atoms with Gasteiger partial charge in [-0.2, -0.15) is 0 Å². The molecule has 0 spiro atoms. The summed E-state index contributed by atoms with van der Waals surface area (Å²) in [5, 5.41) is 2.89. The largest absolute Gasteiger partial charge is 0.346 e. The first-order valence-corrected chi connectivity index (χ1v) is 7.47. The first kappa shape index (κ1) is 13.6. The molecule has 18 heavy (non-hydrogen) atoms. The van der Waals surface area contributed by atoms with E-state index in [1.54, 1.807) is 0 Å². The molecule has 0 aromatic carbocycles. The number of aryl methyl sites for hydroxylation is 1. The second-order valence-electron chi connectivity index (χ2n) is 3.72. The minimum absolute atomic E-state index is 0.0768. The SMILES string of the molecule is CCn1cc(Br)cc1C(=O)NCc1ccc(Cl)s1. The molecule has 0 saturated carbocycles. The highest BCUT2D eigenvalue weighted by Gasteiger charge is 2.12. The van der Waals surface area contributed by atoms with Gasteiger partial charge in [0.1, 0.15) is 5.69 Å². The number of nitrogens with one attached hydrogen (secondary N) is 1. The molecular formula is C12H12BrClN2OS. The van der Waals surface area contributed by atoms with E-state index in [0.717, 1.165) is 20.2 Å². The molecule has 1 amide bonds. The minimum atomic E-state index is -0.0768. The van der Waals surface area contributed by atoms with Gasteiger partial charge in [-0.05, 0) is 41.1 Å². The molecular weight excluding hydrogens is 336 g/mol. The van der Waals surface area contributed by atoms with E-state index in [1.165, 1.54) is 11.3 Å². The smallest absolute Gasteiger partial charge is 0.268 e. The second-order valence-corrected chi connectivity index (χ2v) is 6.43. The lowest BCUT2D eigenvalue weighted by atomic mass is 10.4. The Hall–Kier alpha value is -0.780. The van der Waals surface area contributed by atoms with Crippen molar-refractivity contribution in [3.63, 3.8) is 0 Å². The fraction of sp³-hybridized carbons (Fsp3) is 0.250. The van der Waals surface area contributed by atoms with Crippen LogP contribution in [0, 0.1) is 0 Å². The summed E-state index contributed by atoms with van der Waals surface area (Å²) in [5.41, 5.74) is 0.659. The molecule has 1 N–H and O–H groups in total. The maximum absolute atomic E-state index is 12.0. The maximum Gasteiger partial charge on any atom is 0.268 e. The third kappa shape index (κ3) is 3.16. The quantitative estimate of drug-likeness (QED) is 0.894. The topological polar surface area (TPSA) is 34.0 Å². The standard InChI is InChI=1S/C12H12BrClN2OS/c1-2-16-7-8(13)5-10(16)12(17)15-6-9-3-4-11(14)18-9/h3-5,7H,2,6H2,1H3,(H,15,17). The second kappa shape index (κ2) is 5.91. The number of nitrogens with zero attached hydrogens (tertiary/aromatic N) is 1. The Morgan fingerprint density at radius 1 is 1.56 bits per heavy atom. The summed E-state index contributed by atoms with van der Waals surface area (Å²) in [5.74, 6) is -0.0768. The van der Waals surface area contributed by atoms with Gasteiger partial charge in [0.25, 0.3) is 5.91 Å². The zero-order chi connectivity index (χ0) is 13.1. The Morgan fingerprint density at radius 2 is 2.33 bits per heavy atom. The number of carbonyl (C=O) groups is 1. The maximum atomic E-state index is 12.0. The van der Waals surface area contributed by atoms with Crippen molar-refractivity contribution in [1.82, 2.24) is 9.88 Å². The van der Waals surface area contributed by atoms with Crippen molar-refractivity contribution in [2.75, 3.05) is 0 Å². The van der Waals surface area contributed by atoms with Gasteiger partial charge in [0, 0.05) is 22.1 Å². The third-order valence-electron chi connectivity index (χ3n) is 2.49. The highest BCUT2D eigenvalue weighted by atomic mass is 79.9. The van der Waals surface area contributed by atoms with Crippen LogP contribution in [0.15, 0.2) is 28.9 Å². The van der Waals surface area contributed by atoms with Gasteiger partial charge in [-0.1, -0.05) is 11.6 Å². The van der Waals surface area contributed by atoms with Crippen molar-refractivity contribution in [2.24, 2.45) is 0 Å². The summed E-state index contributed by atoms with van der Waals surface area (Å²) in [4.78, 5) is 13.1. The van der Waals surface area contributed by atoms with E-state index in [1.807, 2.05) is 35.9 Å². The average molecular weight is 348 g/mol. The number of carbonyl (C=O) groups excluding carboxylic acids is 1. The Kier molecular flexibility index (Phi) is 4.48. The van der Waals surface area contributed by atoms with Crippen LogP contribution in [0.2, 0.25) is 4.34 Å². The summed E-state index contributed by atoms with van der Waals surface area (Å²) >= 11 is 10.7. The number of halogens is 2. The third-order valence-corrected chi connectivity index (χ3v) is 4.15. The van der Waals surface area contributed by atoms with E-state index < -0.39 is 0 Å². The van der Waals surface area contributed by atoms with Crippen molar-refractivity contribution in [2.45, 2.75) is 20.0 Å². The van der Waals surface area contributed by atoms with E-state index in [4.69, 9.17) is 11.6 Å². The van der Waals surface area contributed by atoms with Gasteiger partial charge < -0.3 is 9.88 Å². The summed E-state index contributed by atoms with van der Waals surface area (Å²) in [6.45, 7) is 3.27. The molecule has 0 unspecified atom stereocenters. The van der Waals surface area contributed by atoms with E-state index in [9.17, 15) is 4.79 Å². The first-order chi connectivity index (χ1) is 8.60. The molecule has 0 fully saturated rings. The molecule has 2 aromatic heterocycles. The van der Waals surface area contributed by atoms with Crippen LogP contribution in [0.3, 0.4) is 0 Å². The lowest BCUT2D eigenvalue weighted by Crippen LogP contribution is -2.24. The molecule has 0 aliphatic carbocycles. The Labute approximate surface area is 123 Å². The highest BCUT2D eigenvalue weighted by molar-refractivity contribution is 9.10. The zero-order valence-corrected chi connectivity index (χ0v) is 12.9. The molecule has 0 atom stereocenters. The van der Waals surface area contributed by atoms with Crippen LogP contribution >= 0.6 is 38.9 Å². The van der Waals surface area contributed by atoms with E-state index in [-0.39, 0.29) is 5.91 Å². The predicted molar refractivity (Wildman–Crippen MR) is 78.3 cm³/mol. The van der Waals surface area contributed by atoms with Gasteiger partial charge in [-0.15, -0.1) is 11.3 Å². The van der Waals surface area contributed by atoms with E-state index in [0.29, 0.717) is 12.2 Å². The number of thiophene rings is 1. The van der Waals surface area contributed by atoms with Crippen LogP contribution < -0.4 is 5.32 Å². The van der Waals surface area contributed by atoms with Crippen LogP contribution in [-0.2, 0) is 13.1 Å². The molecule has 3 nitrogen and oxygen atoms in total. The summed E-state index contributed by atoms with van der Waals surface area (Å²) in [6, 6.07) is 5.57. The summed E-state index contributed by atoms with van der Waals surface area (Å²) < 4.78 is 3.55. The van der Waals surface area contributed by atoms with Crippen molar-refractivity contribution in [3.8, 4) is 0 Å². The highest BCUT2D eigenvalue weighted by Crippen LogP contribution is 2.21. The number of amides is 1. The van der Waals surface area contributed by atoms with Crippen LogP contribution in [-0.4, -0.2) is 10.5 Å². The molecule has 0 bridgehead atoms. The Morgan fingerprint density at radius 3 is 2.94 bits per heavy atom. The molecule has 0 aliphatic heterocycles. The molecule has 2 aromatic rings. The van der Waals surface area contributed by atoms with Gasteiger partial charge in [-0.3, -0.25) is 4.79 Å². The number of rotatable bonds is 4. The van der Waals surface area contributed by atoms with Crippen LogP contribution in [0.25, 0.3) is 0 Å². The van der Waals surface area contributed by atoms with Crippen LogP contribution in [0.5, 0.6) is 0 Å². The van der Waals surface area contributed by atoms with Crippen LogP contribution in [0.4, 0.5) is 0 Å². The van der Waals surface area contributed by atoms with Gasteiger partial charge in [0.05, 0.1) is 10.9 Å². The monoisotopic (exact) mass is 346 g/mol. The number of hydrogen-bond acceptors (Lipinski definition) is 2. The average Bonchev–Trinajstić information content (AvgIpc) is 2.92. The molecule has 0 aliphatic rings. The van der Waals surface area contributed by atoms with Crippen molar-refractivity contribution < 1.29 is 4.79 Å². The van der Waals surface area contributed by atoms with Crippen molar-refractivity contribution >= 4 is 44.8 Å². The van der Waals surface area contributed by atoms with Gasteiger partial charge in [0.15, 0.2) is 0 Å². The lowest BCUT2D eigenvalue weighted by molar-refractivity contribution is 0.0942. The first-order valence-electron chi connectivity index (χ1n) is 5.48. The van der Waals surface area contributed by atoms with Crippen molar-refractivity contribution in [1.29, 1.82) is 0 Å². The molecule has 2 rings (SSSR count). The zero-order valence-electron chi connectivity index (χ0n) is 9.74. The normalized spacial score (nSPS) is 10.6. The minimum Gasteiger partial charge on any atom is -0.346 e. The van der Waals surface area contributed by atoms with Gasteiger partial charge >= 0.3 is 0 Å². The lowest BCUT2D eigenvalue weighted by Gasteiger charge is -2.06. The van der Waals surface area contributed by atoms with Gasteiger partial charge in [0.2, 0.25) is 0 Å². The molecule has 96 valence electrons. The number of aromatic nitrogens is 1. The van der Waals surface area contributed by atoms with E-state index >= 15 is 0 Å². The molecule has 6 heteroatoms. The number of hydrogen-bond donors (Lipinski definition) is 1. The Balaban J connectivity index is 2.03.